The summed E-state index contributed by atoms with van der Waals surface area (Å²) in [7, 11) is -3.86. The van der Waals surface area contributed by atoms with Crippen molar-refractivity contribution >= 4 is 50.5 Å². The molecule has 1 fully saturated rings. The van der Waals surface area contributed by atoms with E-state index in [0.717, 1.165) is 30.5 Å². The fourth-order valence-electron chi connectivity index (χ4n) is 4.43. The number of rotatable bonds is 8. The van der Waals surface area contributed by atoms with Gasteiger partial charge >= 0.3 is 0 Å². The van der Waals surface area contributed by atoms with Gasteiger partial charge in [-0.3, -0.25) is 9.52 Å². The van der Waals surface area contributed by atoms with Crippen LogP contribution >= 0.6 is 23.2 Å². The Labute approximate surface area is 229 Å². The molecule has 1 aliphatic rings. The summed E-state index contributed by atoms with van der Waals surface area (Å²) in [4.78, 5) is 17.3. The maximum atomic E-state index is 13.4. The Bertz CT molecular complexity index is 1350. The second-order valence-electron chi connectivity index (χ2n) is 9.23. The lowest BCUT2D eigenvalue weighted by Gasteiger charge is -2.37. The van der Waals surface area contributed by atoms with Gasteiger partial charge in [-0.1, -0.05) is 60.8 Å². The Morgan fingerprint density at radius 2 is 1.59 bits per heavy atom. The molecule has 1 aliphatic heterocycles. The first-order valence-electron chi connectivity index (χ1n) is 12.4. The van der Waals surface area contributed by atoms with Gasteiger partial charge in [0.15, 0.2) is 0 Å². The molecule has 0 aromatic heterocycles. The van der Waals surface area contributed by atoms with Gasteiger partial charge in [0.1, 0.15) is 0 Å². The topological polar surface area (TPSA) is 69.7 Å². The molecule has 0 spiro atoms. The van der Waals surface area contributed by atoms with E-state index in [2.05, 4.69) is 16.5 Å². The number of anilines is 2. The van der Waals surface area contributed by atoms with Gasteiger partial charge < -0.3 is 9.80 Å². The van der Waals surface area contributed by atoms with Gasteiger partial charge in [-0.15, -0.1) is 0 Å². The summed E-state index contributed by atoms with van der Waals surface area (Å²) in [5.74, 6) is -0.195. The quantitative estimate of drug-likeness (QED) is 0.346. The molecule has 9 heteroatoms. The number of hydrogen-bond acceptors (Lipinski definition) is 4. The van der Waals surface area contributed by atoms with Crippen LogP contribution in [0.5, 0.6) is 0 Å². The minimum atomic E-state index is -3.86. The highest BCUT2D eigenvalue weighted by Crippen LogP contribution is 2.34. The molecule has 0 saturated carbocycles. The zero-order valence-corrected chi connectivity index (χ0v) is 23.3. The molecular weight excluding hydrogens is 529 g/mol. The molecule has 37 heavy (non-hydrogen) atoms. The Balaban J connectivity index is 1.46. The van der Waals surface area contributed by atoms with Crippen molar-refractivity contribution in [3.05, 3.63) is 87.4 Å². The normalized spacial score (nSPS) is 14.1. The van der Waals surface area contributed by atoms with Crippen LogP contribution in [0.15, 0.2) is 65.6 Å². The highest BCUT2D eigenvalue weighted by atomic mass is 35.5. The Hall–Kier alpha value is -2.74. The van der Waals surface area contributed by atoms with Crippen molar-refractivity contribution in [2.45, 2.75) is 38.0 Å². The molecule has 1 heterocycles. The van der Waals surface area contributed by atoms with Gasteiger partial charge in [0.25, 0.3) is 15.9 Å². The predicted molar refractivity (Wildman–Crippen MR) is 152 cm³/mol. The van der Waals surface area contributed by atoms with Crippen LogP contribution in [0.25, 0.3) is 0 Å². The number of aryl methyl sites for hydroxylation is 2. The summed E-state index contributed by atoms with van der Waals surface area (Å²) in [5, 5.41) is 1.15. The van der Waals surface area contributed by atoms with Crippen molar-refractivity contribution in [3.8, 4) is 0 Å². The highest BCUT2D eigenvalue weighted by molar-refractivity contribution is 7.92. The molecule has 0 unspecified atom stereocenters. The van der Waals surface area contributed by atoms with E-state index >= 15 is 0 Å². The van der Waals surface area contributed by atoms with Crippen molar-refractivity contribution in [2.24, 2.45) is 0 Å². The fourth-order valence-corrected chi connectivity index (χ4v) is 6.15. The van der Waals surface area contributed by atoms with Crippen LogP contribution in [-0.2, 0) is 16.4 Å². The highest BCUT2D eigenvalue weighted by Gasteiger charge is 2.26. The summed E-state index contributed by atoms with van der Waals surface area (Å²) in [6.07, 6.45) is 3.16. The average molecular weight is 561 g/mol. The van der Waals surface area contributed by atoms with Gasteiger partial charge in [-0.2, -0.15) is 0 Å². The summed E-state index contributed by atoms with van der Waals surface area (Å²) < 4.78 is 28.9. The van der Waals surface area contributed by atoms with E-state index in [1.165, 1.54) is 17.7 Å². The summed E-state index contributed by atoms with van der Waals surface area (Å²) >= 11 is 12.7. The van der Waals surface area contributed by atoms with E-state index in [4.69, 9.17) is 23.2 Å². The minimum Gasteiger partial charge on any atom is -0.366 e. The van der Waals surface area contributed by atoms with Gasteiger partial charge in [0.05, 0.1) is 20.6 Å². The first kappa shape index (κ1) is 27.3. The Morgan fingerprint density at radius 1 is 0.946 bits per heavy atom. The third-order valence-electron chi connectivity index (χ3n) is 6.60. The van der Waals surface area contributed by atoms with Crippen LogP contribution in [0.3, 0.4) is 0 Å². The zero-order chi connectivity index (χ0) is 26.6. The molecule has 0 bridgehead atoms. The molecule has 3 aromatic rings. The summed E-state index contributed by atoms with van der Waals surface area (Å²) in [5.41, 5.74) is 3.53. The minimum absolute atomic E-state index is 0.0537. The third-order valence-corrected chi connectivity index (χ3v) is 8.58. The van der Waals surface area contributed by atoms with Gasteiger partial charge in [-0.25, -0.2) is 8.42 Å². The van der Waals surface area contributed by atoms with Crippen LogP contribution in [0.4, 0.5) is 11.4 Å². The molecule has 3 aromatic carbocycles. The molecule has 196 valence electrons. The second kappa shape index (κ2) is 11.8. The number of carbonyl (C=O) groups excluding carboxylic acids is 1. The van der Waals surface area contributed by atoms with Crippen molar-refractivity contribution in [3.63, 3.8) is 0 Å². The van der Waals surface area contributed by atoms with E-state index in [9.17, 15) is 13.2 Å². The first-order valence-corrected chi connectivity index (χ1v) is 14.6. The number of hydrogen-bond donors (Lipinski definition) is 1. The number of nitrogens with zero attached hydrogens (tertiary/aromatic N) is 2. The number of sulfonamides is 1. The van der Waals surface area contributed by atoms with Crippen molar-refractivity contribution < 1.29 is 13.2 Å². The first-order chi connectivity index (χ1) is 17.7. The van der Waals surface area contributed by atoms with E-state index in [0.29, 0.717) is 47.5 Å². The monoisotopic (exact) mass is 559 g/mol. The number of amides is 1. The zero-order valence-electron chi connectivity index (χ0n) is 21.0. The average Bonchev–Trinajstić information content (AvgIpc) is 2.88. The third kappa shape index (κ3) is 6.40. The number of piperazine rings is 1. The lowest BCUT2D eigenvalue weighted by molar-refractivity contribution is 0.0746. The molecule has 4 rings (SSSR count). The summed E-state index contributed by atoms with van der Waals surface area (Å²) in [6, 6.07) is 17.5. The van der Waals surface area contributed by atoms with E-state index < -0.39 is 10.0 Å². The molecule has 1 saturated heterocycles. The molecule has 0 atom stereocenters. The van der Waals surface area contributed by atoms with Crippen LogP contribution in [0.1, 0.15) is 41.3 Å². The van der Waals surface area contributed by atoms with Crippen molar-refractivity contribution in [1.82, 2.24) is 4.90 Å². The van der Waals surface area contributed by atoms with Crippen LogP contribution in [0.2, 0.25) is 10.0 Å². The van der Waals surface area contributed by atoms with Crippen LogP contribution < -0.4 is 9.62 Å². The molecule has 0 aliphatic carbocycles. The Morgan fingerprint density at radius 3 is 2.22 bits per heavy atom. The van der Waals surface area contributed by atoms with E-state index in [1.807, 2.05) is 19.1 Å². The number of benzene rings is 3. The number of carbonyl (C=O) groups is 1. The number of nitrogens with one attached hydrogen (secondary N) is 1. The molecule has 6 nitrogen and oxygen atoms in total. The van der Waals surface area contributed by atoms with Crippen molar-refractivity contribution in [1.29, 1.82) is 0 Å². The van der Waals surface area contributed by atoms with E-state index in [-0.39, 0.29) is 10.8 Å². The van der Waals surface area contributed by atoms with Crippen LogP contribution in [0, 0.1) is 6.92 Å². The predicted octanol–water partition coefficient (Wildman–Crippen LogP) is 6.41. The maximum Gasteiger partial charge on any atom is 0.261 e. The lowest BCUT2D eigenvalue weighted by atomic mass is 10.1. The second-order valence-corrected chi connectivity index (χ2v) is 11.7. The Kier molecular flexibility index (Phi) is 8.67. The maximum absolute atomic E-state index is 13.4. The van der Waals surface area contributed by atoms with Gasteiger partial charge in [0, 0.05) is 37.4 Å². The summed E-state index contributed by atoms with van der Waals surface area (Å²) in [6.45, 7) is 6.04. The van der Waals surface area contributed by atoms with Crippen molar-refractivity contribution in [2.75, 3.05) is 35.8 Å². The number of halogens is 2. The lowest BCUT2D eigenvalue weighted by Crippen LogP contribution is -2.49. The largest absolute Gasteiger partial charge is 0.366 e. The molecule has 0 radical (unpaired) electrons. The van der Waals surface area contributed by atoms with E-state index in [1.54, 1.807) is 41.3 Å². The SMILES string of the molecule is CCCCc1ccc(NS(=O)(=O)c2ccc(C)c(C(=O)N3CCN(c4c(Cl)cccc4Cl)CC3)c2)cc1. The fraction of sp³-hybridized carbons (Fsp3) is 0.321. The standard InChI is InChI=1S/C28H31Cl2N3O3S/c1-3-4-6-21-10-12-22(13-11-21)31-37(35,36)23-14-9-20(2)24(19-23)28(34)33-17-15-32(16-18-33)27-25(29)7-5-8-26(27)30/h5,7-14,19,31H,3-4,6,15-18H2,1-2H3. The van der Waals surface area contributed by atoms with Crippen LogP contribution in [-0.4, -0.2) is 45.4 Å². The van der Waals surface area contributed by atoms with Gasteiger partial charge in [-0.05, 0) is 67.3 Å². The molecule has 1 amide bonds. The number of para-hydroxylation sites is 1. The number of unbranched alkanes of at least 4 members (excludes halogenated alkanes) is 1. The van der Waals surface area contributed by atoms with Gasteiger partial charge in [0.2, 0.25) is 0 Å². The molecule has 1 N–H and O–H groups in total. The molecular formula is C28H31Cl2N3O3S. The smallest absolute Gasteiger partial charge is 0.261 e.